The quantitative estimate of drug-likeness (QED) is 0.173. The molecule has 0 radical (unpaired) electrons. The Bertz CT molecular complexity index is 2940. The standard InChI is InChI=1S/C39H33B10N3O2/c40-25-23(26(41)30(45)33(48)29(25)44)38-50-37(51-39(52-38)24-27(42)31(46)34(49)32(47)28(24)43)14-11-12-16-18-7-4-9-20(36(18)54-22(16)13-14)19-8-3-6-17-15-5-1-2-10-21(15)53-35(17)19/h1-13H,40-49H2. The summed E-state index contributed by atoms with van der Waals surface area (Å²) >= 11 is 0. The third-order valence-corrected chi connectivity index (χ3v) is 12.5. The van der Waals surface area contributed by atoms with Crippen LogP contribution in [0.25, 0.3) is 89.2 Å². The number of hydrogen-bond donors (Lipinski definition) is 0. The molecule has 0 spiro atoms. The summed E-state index contributed by atoms with van der Waals surface area (Å²) < 4.78 is 13.3. The Kier molecular flexibility index (Phi) is 8.00. The lowest BCUT2D eigenvalue weighted by Gasteiger charge is -2.22. The lowest BCUT2D eigenvalue weighted by molar-refractivity contribution is 0.665. The summed E-state index contributed by atoms with van der Waals surface area (Å²) in [5.74, 6) is 2.00. The smallest absolute Gasteiger partial charge is 0.164 e. The second kappa shape index (κ2) is 12.6. The molecule has 246 valence electrons. The first-order valence-electron chi connectivity index (χ1n) is 18.7. The van der Waals surface area contributed by atoms with Crippen LogP contribution < -0.4 is 54.6 Å². The molecular weight excluding hydrogens is 651 g/mol. The van der Waals surface area contributed by atoms with Crippen molar-refractivity contribution in [1.82, 2.24) is 15.0 Å². The summed E-state index contributed by atoms with van der Waals surface area (Å²) in [6.07, 6.45) is 0. The largest absolute Gasteiger partial charge is 0.455 e. The van der Waals surface area contributed by atoms with Crippen LogP contribution in [0, 0.1) is 0 Å². The van der Waals surface area contributed by atoms with Gasteiger partial charge >= 0.3 is 0 Å². The maximum atomic E-state index is 6.81. The third kappa shape index (κ3) is 5.04. The zero-order valence-electron chi connectivity index (χ0n) is 32.7. The van der Waals surface area contributed by atoms with Gasteiger partial charge in [0.15, 0.2) is 17.5 Å². The Morgan fingerprint density at radius 1 is 0.352 bits per heavy atom. The Morgan fingerprint density at radius 3 is 1.28 bits per heavy atom. The summed E-state index contributed by atoms with van der Waals surface area (Å²) in [7, 11) is 21.9. The zero-order valence-corrected chi connectivity index (χ0v) is 32.7. The molecule has 0 amide bonds. The fourth-order valence-corrected chi connectivity index (χ4v) is 8.51. The highest BCUT2D eigenvalue weighted by atomic mass is 16.3. The van der Waals surface area contributed by atoms with Gasteiger partial charge in [0.2, 0.25) is 0 Å². The van der Waals surface area contributed by atoms with Crippen LogP contribution in [-0.4, -0.2) is 93.4 Å². The molecule has 15 heteroatoms. The van der Waals surface area contributed by atoms with Crippen molar-refractivity contribution < 1.29 is 8.83 Å². The Hall–Kier alpha value is -5.42. The summed E-state index contributed by atoms with van der Waals surface area (Å²) in [5, 5.41) is 4.28. The first kappa shape index (κ1) is 34.4. The number of nitrogens with zero attached hydrogens (tertiary/aromatic N) is 3. The molecule has 9 rings (SSSR count). The molecule has 0 aliphatic heterocycles. The highest BCUT2D eigenvalue weighted by Gasteiger charge is 2.23. The van der Waals surface area contributed by atoms with Crippen LogP contribution in [0.4, 0.5) is 0 Å². The van der Waals surface area contributed by atoms with Gasteiger partial charge in [0, 0.05) is 49.4 Å². The minimum absolute atomic E-state index is 0.619. The van der Waals surface area contributed by atoms with Gasteiger partial charge in [-0.2, -0.15) is 0 Å². The molecule has 6 aromatic carbocycles. The van der Waals surface area contributed by atoms with Crippen molar-refractivity contribution in [2.75, 3.05) is 0 Å². The van der Waals surface area contributed by atoms with Gasteiger partial charge in [0.05, 0.1) is 0 Å². The molecular formula is C39H33B10N3O2. The molecule has 0 N–H and O–H groups in total. The van der Waals surface area contributed by atoms with E-state index in [0.29, 0.717) is 17.5 Å². The van der Waals surface area contributed by atoms with E-state index in [0.717, 1.165) is 71.7 Å². The van der Waals surface area contributed by atoms with Crippen LogP contribution in [0.1, 0.15) is 0 Å². The molecule has 5 nitrogen and oxygen atoms in total. The van der Waals surface area contributed by atoms with E-state index in [9.17, 15) is 0 Å². The van der Waals surface area contributed by atoms with Crippen molar-refractivity contribution in [2.24, 2.45) is 0 Å². The summed E-state index contributed by atoms with van der Waals surface area (Å²) in [6.45, 7) is 0. The van der Waals surface area contributed by atoms with Crippen LogP contribution in [0.3, 0.4) is 0 Å². The van der Waals surface area contributed by atoms with Gasteiger partial charge in [-0.05, 0) is 18.2 Å². The number of fused-ring (bicyclic) bond motifs is 6. The Balaban J connectivity index is 1.27. The van der Waals surface area contributed by atoms with Crippen molar-refractivity contribution in [1.29, 1.82) is 0 Å². The molecule has 9 aromatic rings. The van der Waals surface area contributed by atoms with Crippen molar-refractivity contribution in [2.45, 2.75) is 0 Å². The van der Waals surface area contributed by atoms with E-state index in [1.54, 1.807) is 0 Å². The minimum atomic E-state index is 0.619. The second-order valence-electron chi connectivity index (χ2n) is 15.1. The Morgan fingerprint density at radius 2 is 0.759 bits per heavy atom. The summed E-state index contributed by atoms with van der Waals surface area (Å²) in [6, 6.07) is 27.2. The van der Waals surface area contributed by atoms with Gasteiger partial charge in [0.25, 0.3) is 0 Å². The molecule has 0 unspecified atom stereocenters. The molecule has 0 bridgehead atoms. The molecule has 0 aliphatic rings. The number of hydrogen-bond acceptors (Lipinski definition) is 5. The van der Waals surface area contributed by atoms with E-state index >= 15 is 0 Å². The number of aromatic nitrogens is 3. The van der Waals surface area contributed by atoms with Crippen LogP contribution in [0.2, 0.25) is 0 Å². The number of rotatable bonds is 4. The van der Waals surface area contributed by atoms with E-state index in [4.69, 9.17) is 23.8 Å². The van der Waals surface area contributed by atoms with Gasteiger partial charge in [0.1, 0.15) is 101 Å². The molecule has 54 heavy (non-hydrogen) atoms. The molecule has 0 saturated heterocycles. The van der Waals surface area contributed by atoms with Crippen LogP contribution in [0.5, 0.6) is 0 Å². The van der Waals surface area contributed by atoms with Gasteiger partial charge < -0.3 is 8.83 Å². The highest BCUT2D eigenvalue weighted by molar-refractivity contribution is 6.69. The monoisotopic (exact) mass is 685 g/mol. The number of para-hydroxylation sites is 3. The zero-order chi connectivity index (χ0) is 37.7. The van der Waals surface area contributed by atoms with Gasteiger partial charge in [-0.1, -0.05) is 82.5 Å². The topological polar surface area (TPSA) is 65.0 Å². The lowest BCUT2D eigenvalue weighted by atomic mass is 9.60. The van der Waals surface area contributed by atoms with Gasteiger partial charge in [-0.15, -0.1) is 32.8 Å². The van der Waals surface area contributed by atoms with Gasteiger partial charge in [-0.3, -0.25) is 0 Å². The normalized spacial score (nSPS) is 11.7. The first-order chi connectivity index (χ1) is 25.9. The molecule has 0 fully saturated rings. The maximum Gasteiger partial charge on any atom is 0.164 e. The van der Waals surface area contributed by atoms with E-state index < -0.39 is 0 Å². The molecule has 0 saturated carbocycles. The average Bonchev–Trinajstić information content (AvgIpc) is 3.76. The van der Waals surface area contributed by atoms with E-state index in [2.05, 4.69) is 145 Å². The summed E-state index contributed by atoms with van der Waals surface area (Å²) in [4.78, 5) is 15.8. The lowest BCUT2D eigenvalue weighted by Crippen LogP contribution is -2.55. The van der Waals surface area contributed by atoms with Crippen LogP contribution in [0.15, 0.2) is 87.7 Å². The third-order valence-electron chi connectivity index (χ3n) is 12.5. The van der Waals surface area contributed by atoms with Crippen LogP contribution >= 0.6 is 0 Å². The van der Waals surface area contributed by atoms with Crippen molar-refractivity contribution in [3.63, 3.8) is 0 Å². The molecule has 0 aliphatic carbocycles. The summed E-state index contributed by atoms with van der Waals surface area (Å²) in [5.41, 5.74) is 20.8. The molecule has 3 heterocycles. The van der Waals surface area contributed by atoms with Crippen molar-refractivity contribution in [3.8, 4) is 45.3 Å². The van der Waals surface area contributed by atoms with Crippen LogP contribution in [-0.2, 0) is 0 Å². The fraction of sp³-hybridized carbons (Fsp3) is 0. The minimum Gasteiger partial charge on any atom is -0.455 e. The average molecular weight is 684 g/mol. The number of furan rings is 2. The van der Waals surface area contributed by atoms with E-state index in [-0.39, 0.29) is 0 Å². The van der Waals surface area contributed by atoms with Crippen molar-refractivity contribution >= 4 is 177 Å². The number of benzene rings is 6. The predicted octanol–water partition coefficient (Wildman–Crippen LogP) is -7.08. The van der Waals surface area contributed by atoms with Crippen molar-refractivity contribution in [3.05, 3.63) is 78.9 Å². The van der Waals surface area contributed by atoms with E-state index in [1.807, 2.05) is 12.1 Å². The highest BCUT2D eigenvalue weighted by Crippen LogP contribution is 2.41. The maximum absolute atomic E-state index is 6.81. The predicted molar refractivity (Wildman–Crippen MR) is 258 cm³/mol. The Labute approximate surface area is 323 Å². The molecule has 3 aromatic heterocycles. The van der Waals surface area contributed by atoms with Gasteiger partial charge in [-0.25, -0.2) is 15.0 Å². The fourth-order valence-electron chi connectivity index (χ4n) is 8.51. The van der Waals surface area contributed by atoms with E-state index in [1.165, 1.54) is 54.6 Å². The SMILES string of the molecule is Bc1c(B)c(B)c(-c2nc(-c3ccc4c(c3)oc3c(-c5cccc6c5oc5ccccc56)cccc34)nc(-c3c(B)c(B)c(B)c(B)c3B)n2)c(B)c1B. The second-order valence-corrected chi connectivity index (χ2v) is 15.1. The molecule has 0 atom stereocenters. The first-order valence-corrected chi connectivity index (χ1v) is 18.7.